The molecule has 1 aromatic rings. The number of benzene rings is 1. The van der Waals surface area contributed by atoms with Gasteiger partial charge in [0.15, 0.2) is 0 Å². The van der Waals surface area contributed by atoms with Crippen molar-refractivity contribution in [2.45, 2.75) is 45.9 Å². The third-order valence-corrected chi connectivity index (χ3v) is 4.28. The molecule has 1 aromatic carbocycles. The van der Waals surface area contributed by atoms with Gasteiger partial charge in [-0.2, -0.15) is 0 Å². The Bertz CT molecular complexity index is 698. The number of nitrogens with zero attached hydrogens (tertiary/aromatic N) is 1. The van der Waals surface area contributed by atoms with E-state index < -0.39 is 5.60 Å². The lowest BCUT2D eigenvalue weighted by atomic mass is 9.92. The average molecular weight is 327 g/mol. The average Bonchev–Trinajstić information content (AvgIpc) is 2.96. The van der Waals surface area contributed by atoms with E-state index in [2.05, 4.69) is 24.8 Å². The van der Waals surface area contributed by atoms with Crippen LogP contribution >= 0.6 is 0 Å². The van der Waals surface area contributed by atoms with E-state index in [0.29, 0.717) is 19.7 Å². The molecule has 0 bridgehead atoms. The van der Waals surface area contributed by atoms with Crippen molar-refractivity contribution >= 4 is 17.7 Å². The number of hydrogen-bond acceptors (Lipinski definition) is 3. The maximum absolute atomic E-state index is 12.3. The highest BCUT2D eigenvalue weighted by Gasteiger charge is 2.28. The van der Waals surface area contributed by atoms with Gasteiger partial charge in [-0.25, -0.2) is 4.79 Å². The molecule has 0 aromatic heterocycles. The fourth-order valence-electron chi connectivity index (χ4n) is 3.14. The highest BCUT2D eigenvalue weighted by atomic mass is 16.6. The van der Waals surface area contributed by atoms with Gasteiger partial charge in [0.2, 0.25) is 0 Å². The molecule has 128 valence electrons. The number of hydrogen-bond donors (Lipinski definition) is 0. The lowest BCUT2D eigenvalue weighted by molar-refractivity contribution is 0.0242. The van der Waals surface area contributed by atoms with E-state index >= 15 is 0 Å². The molecule has 4 nitrogen and oxygen atoms in total. The van der Waals surface area contributed by atoms with Crippen molar-refractivity contribution in [3.8, 4) is 0 Å². The van der Waals surface area contributed by atoms with Crippen molar-refractivity contribution in [2.75, 3.05) is 13.2 Å². The third-order valence-electron chi connectivity index (χ3n) is 4.28. The van der Waals surface area contributed by atoms with E-state index in [1.807, 2.05) is 26.8 Å². The van der Waals surface area contributed by atoms with Crippen LogP contribution in [0, 0.1) is 0 Å². The molecule has 0 saturated heterocycles. The first-order valence-corrected chi connectivity index (χ1v) is 8.40. The van der Waals surface area contributed by atoms with Crippen LogP contribution in [0.25, 0.3) is 11.6 Å². The quantitative estimate of drug-likeness (QED) is 0.809. The summed E-state index contributed by atoms with van der Waals surface area (Å²) in [6, 6.07) is 4.35. The molecule has 0 N–H and O–H groups in total. The number of carbonyl (C=O) groups excluding carboxylic acids is 1. The van der Waals surface area contributed by atoms with Gasteiger partial charge in [-0.15, -0.1) is 0 Å². The largest absolute Gasteiger partial charge is 0.444 e. The zero-order valence-electron chi connectivity index (χ0n) is 14.7. The van der Waals surface area contributed by atoms with Crippen molar-refractivity contribution in [1.82, 2.24) is 4.90 Å². The Morgan fingerprint density at radius 2 is 2.00 bits per heavy atom. The number of amides is 1. The molecular formula is C20H25NO3. The summed E-state index contributed by atoms with van der Waals surface area (Å²) in [5, 5.41) is 0. The van der Waals surface area contributed by atoms with E-state index in [0.717, 1.165) is 18.6 Å². The van der Waals surface area contributed by atoms with Gasteiger partial charge in [-0.05, 0) is 67.2 Å². The Labute approximate surface area is 143 Å². The van der Waals surface area contributed by atoms with Crippen LogP contribution in [0.3, 0.4) is 0 Å². The first-order chi connectivity index (χ1) is 11.4. The minimum atomic E-state index is -0.476. The van der Waals surface area contributed by atoms with Crippen molar-refractivity contribution in [2.24, 2.45) is 0 Å². The van der Waals surface area contributed by atoms with E-state index in [4.69, 9.17) is 9.47 Å². The highest BCUT2D eigenvalue weighted by molar-refractivity contribution is 5.77. The highest BCUT2D eigenvalue weighted by Crippen LogP contribution is 2.33. The van der Waals surface area contributed by atoms with Gasteiger partial charge in [-0.1, -0.05) is 18.7 Å². The monoisotopic (exact) mass is 327 g/mol. The SMILES string of the molecule is C=Cc1cc2c(cc1C1=CCOCC1)CN(C(=O)OC(C)(C)C)C2. The number of ether oxygens (including phenoxy) is 2. The van der Waals surface area contributed by atoms with Crippen molar-refractivity contribution in [3.63, 3.8) is 0 Å². The summed E-state index contributed by atoms with van der Waals surface area (Å²) in [6.45, 7) is 12.2. The van der Waals surface area contributed by atoms with Gasteiger partial charge >= 0.3 is 6.09 Å². The molecule has 0 radical (unpaired) electrons. The molecule has 0 atom stereocenters. The maximum Gasteiger partial charge on any atom is 0.410 e. The second kappa shape index (κ2) is 6.44. The predicted octanol–water partition coefficient (Wildman–Crippen LogP) is 4.38. The molecule has 0 unspecified atom stereocenters. The number of fused-ring (bicyclic) bond motifs is 1. The molecule has 2 heterocycles. The summed E-state index contributed by atoms with van der Waals surface area (Å²) in [5.41, 5.74) is 5.51. The molecule has 3 rings (SSSR count). The van der Waals surface area contributed by atoms with E-state index in [-0.39, 0.29) is 6.09 Å². The minimum Gasteiger partial charge on any atom is -0.444 e. The molecule has 2 aliphatic heterocycles. The van der Waals surface area contributed by atoms with Crippen LogP contribution < -0.4 is 0 Å². The first kappa shape index (κ1) is 16.8. The van der Waals surface area contributed by atoms with Gasteiger partial charge in [0.25, 0.3) is 0 Å². The summed E-state index contributed by atoms with van der Waals surface area (Å²) in [7, 11) is 0. The van der Waals surface area contributed by atoms with Crippen molar-refractivity contribution < 1.29 is 14.3 Å². The van der Waals surface area contributed by atoms with E-state index in [1.54, 1.807) is 4.90 Å². The summed E-state index contributed by atoms with van der Waals surface area (Å²) in [6.07, 6.45) is 4.68. The fourth-order valence-corrected chi connectivity index (χ4v) is 3.14. The van der Waals surface area contributed by atoms with Crippen LogP contribution in [0.5, 0.6) is 0 Å². The number of carbonyl (C=O) groups is 1. The summed E-state index contributed by atoms with van der Waals surface area (Å²) < 4.78 is 10.9. The van der Waals surface area contributed by atoms with E-state index in [9.17, 15) is 4.79 Å². The molecule has 0 aliphatic carbocycles. The standard InChI is InChI=1S/C20H25NO3/c1-5-14-10-16-12-21(19(22)24-20(2,3)4)13-17(16)11-18(14)15-6-8-23-9-7-15/h5-6,10-11H,1,7-9,12-13H2,2-4H3. The topological polar surface area (TPSA) is 38.8 Å². The summed E-state index contributed by atoms with van der Waals surface area (Å²) in [5.74, 6) is 0. The smallest absolute Gasteiger partial charge is 0.410 e. The van der Waals surface area contributed by atoms with Crippen molar-refractivity contribution in [3.05, 3.63) is 47.0 Å². The minimum absolute atomic E-state index is 0.259. The summed E-state index contributed by atoms with van der Waals surface area (Å²) >= 11 is 0. The molecule has 4 heteroatoms. The Kier molecular flexibility index (Phi) is 4.50. The van der Waals surface area contributed by atoms with E-state index in [1.165, 1.54) is 22.3 Å². The van der Waals surface area contributed by atoms with Crippen molar-refractivity contribution in [1.29, 1.82) is 0 Å². The molecule has 0 saturated carbocycles. The molecule has 0 spiro atoms. The zero-order chi connectivity index (χ0) is 17.3. The van der Waals surface area contributed by atoms with Gasteiger partial charge in [-0.3, -0.25) is 4.90 Å². The van der Waals surface area contributed by atoms with Gasteiger partial charge in [0, 0.05) is 13.1 Å². The maximum atomic E-state index is 12.3. The normalized spacial score (nSPS) is 17.3. The van der Waals surface area contributed by atoms with Crippen LogP contribution in [0.2, 0.25) is 0 Å². The first-order valence-electron chi connectivity index (χ1n) is 8.40. The Morgan fingerprint density at radius 1 is 1.29 bits per heavy atom. The molecule has 2 aliphatic rings. The lowest BCUT2D eigenvalue weighted by Crippen LogP contribution is -2.33. The lowest BCUT2D eigenvalue weighted by Gasteiger charge is -2.24. The third kappa shape index (κ3) is 3.54. The second-order valence-electron chi connectivity index (χ2n) is 7.30. The predicted molar refractivity (Wildman–Crippen MR) is 95.4 cm³/mol. The van der Waals surface area contributed by atoms with Crippen LogP contribution in [0.4, 0.5) is 4.79 Å². The molecule has 24 heavy (non-hydrogen) atoms. The number of rotatable bonds is 2. The Hall–Kier alpha value is -2.07. The van der Waals surface area contributed by atoms with Gasteiger partial charge in [0.05, 0.1) is 13.2 Å². The molecular weight excluding hydrogens is 302 g/mol. The summed E-state index contributed by atoms with van der Waals surface area (Å²) in [4.78, 5) is 14.1. The zero-order valence-corrected chi connectivity index (χ0v) is 14.7. The fraction of sp³-hybridized carbons (Fsp3) is 0.450. The van der Waals surface area contributed by atoms with Gasteiger partial charge < -0.3 is 9.47 Å². The second-order valence-corrected chi connectivity index (χ2v) is 7.30. The molecule has 1 amide bonds. The van der Waals surface area contributed by atoms with Crippen LogP contribution in [-0.4, -0.2) is 29.8 Å². The Balaban J connectivity index is 1.85. The van der Waals surface area contributed by atoms with Crippen LogP contribution in [0.1, 0.15) is 49.4 Å². The van der Waals surface area contributed by atoms with Crippen LogP contribution in [-0.2, 0) is 22.6 Å². The van der Waals surface area contributed by atoms with Gasteiger partial charge in [0.1, 0.15) is 5.60 Å². The Morgan fingerprint density at radius 3 is 2.58 bits per heavy atom. The van der Waals surface area contributed by atoms with Crippen LogP contribution in [0.15, 0.2) is 24.8 Å². The molecule has 0 fully saturated rings.